The summed E-state index contributed by atoms with van der Waals surface area (Å²) in [5.41, 5.74) is 14.7. The number of hydrogen-bond acceptors (Lipinski definition) is 8. The van der Waals surface area contributed by atoms with Crippen molar-refractivity contribution in [3.8, 4) is 0 Å². The van der Waals surface area contributed by atoms with E-state index in [1.165, 1.54) is 17.8 Å². The van der Waals surface area contributed by atoms with Crippen LogP contribution < -0.4 is 27.5 Å². The molecule has 2 aromatic rings. The van der Waals surface area contributed by atoms with Gasteiger partial charge in [-0.1, -0.05) is 29.5 Å². The minimum Gasteiger partial charge on any atom is -0.365 e. The number of rotatable bonds is 8. The van der Waals surface area contributed by atoms with Crippen molar-refractivity contribution < 1.29 is 10.2 Å². The molecule has 11 heteroatoms. The molecule has 1 aliphatic carbocycles. The molecular weight excluding hydrogens is 406 g/mol. The zero-order valence-electron chi connectivity index (χ0n) is 16.3. The summed E-state index contributed by atoms with van der Waals surface area (Å²) < 4.78 is 0. The van der Waals surface area contributed by atoms with E-state index in [1.54, 1.807) is 18.2 Å². The molecule has 1 aromatic carbocycles. The van der Waals surface area contributed by atoms with Crippen molar-refractivity contribution in [2.75, 3.05) is 10.6 Å². The highest BCUT2D eigenvalue weighted by Gasteiger charge is 2.23. The van der Waals surface area contributed by atoms with Crippen molar-refractivity contribution in [1.29, 1.82) is 5.41 Å². The first-order valence-corrected chi connectivity index (χ1v) is 9.96. The summed E-state index contributed by atoms with van der Waals surface area (Å²) in [4.78, 5) is 20.5. The molecule has 0 aliphatic heterocycles. The summed E-state index contributed by atoms with van der Waals surface area (Å²) in [6, 6.07) is 5.30. The Morgan fingerprint density at radius 1 is 1.37 bits per heavy atom. The van der Waals surface area contributed by atoms with Gasteiger partial charge >= 0.3 is 0 Å². The first-order chi connectivity index (χ1) is 14.5. The van der Waals surface area contributed by atoms with Crippen LogP contribution >= 0.6 is 11.6 Å². The van der Waals surface area contributed by atoms with Crippen LogP contribution in [-0.4, -0.2) is 40.4 Å². The number of nitrogens with one attached hydrogen (secondary N) is 3. The lowest BCUT2D eigenvalue weighted by atomic mass is 9.91. The molecule has 9 N–H and O–H groups in total. The fraction of sp³-hybridized carbons (Fsp3) is 0.316. The van der Waals surface area contributed by atoms with Gasteiger partial charge in [-0.3, -0.25) is 4.79 Å². The fourth-order valence-electron chi connectivity index (χ4n) is 3.26. The van der Waals surface area contributed by atoms with Crippen LogP contribution in [0.4, 0.5) is 23.1 Å². The average Bonchev–Trinajstić information content (AvgIpc) is 2.72. The number of aromatic nitrogens is 2. The monoisotopic (exact) mass is 430 g/mol. The molecule has 1 aromatic heterocycles. The van der Waals surface area contributed by atoms with Crippen molar-refractivity contribution in [3.05, 3.63) is 35.0 Å². The molecule has 0 bridgehead atoms. The van der Waals surface area contributed by atoms with E-state index in [4.69, 9.17) is 28.5 Å². The van der Waals surface area contributed by atoms with Crippen LogP contribution in [0.25, 0.3) is 0 Å². The van der Waals surface area contributed by atoms with E-state index in [0.29, 0.717) is 22.3 Å². The van der Waals surface area contributed by atoms with Crippen molar-refractivity contribution in [2.45, 2.75) is 37.8 Å². The minimum absolute atomic E-state index is 0.0328. The van der Waals surface area contributed by atoms with Gasteiger partial charge in [0.05, 0.1) is 0 Å². The first kappa shape index (κ1) is 21.6. The van der Waals surface area contributed by atoms with Crippen LogP contribution in [-0.2, 0) is 0 Å². The molecule has 1 fully saturated rings. The smallest absolute Gasteiger partial charge is 0.254 e. The maximum absolute atomic E-state index is 11.9. The Morgan fingerprint density at radius 2 is 2.17 bits per heavy atom. The van der Waals surface area contributed by atoms with Gasteiger partial charge in [0.15, 0.2) is 5.69 Å². The largest absolute Gasteiger partial charge is 0.365 e. The zero-order chi connectivity index (χ0) is 21.5. The molecular formula is C19H25ClN9O+. The predicted octanol–water partition coefficient (Wildman–Crippen LogP) is 1.48. The Kier molecular flexibility index (Phi) is 7.28. The minimum atomic E-state index is -0.644. The van der Waals surface area contributed by atoms with Gasteiger partial charge in [-0.2, -0.15) is 10.4 Å². The average molecular weight is 431 g/mol. The molecule has 158 valence electrons. The van der Waals surface area contributed by atoms with Crippen LogP contribution in [0.5, 0.6) is 0 Å². The second kappa shape index (κ2) is 10.1. The molecule has 30 heavy (non-hydrogen) atoms. The second-order valence-corrected chi connectivity index (χ2v) is 7.38. The van der Waals surface area contributed by atoms with Gasteiger partial charge in [-0.15, -0.1) is 0 Å². The van der Waals surface area contributed by atoms with Gasteiger partial charge in [0.2, 0.25) is 5.95 Å². The number of halogens is 1. The van der Waals surface area contributed by atoms with Crippen molar-refractivity contribution in [3.63, 3.8) is 0 Å². The molecule has 1 aliphatic rings. The quantitative estimate of drug-likeness (QED) is 0.160. The highest BCUT2D eigenvalue weighted by molar-refractivity contribution is 6.32. The lowest BCUT2D eigenvalue weighted by molar-refractivity contribution is -0.576. The number of quaternary nitrogens is 1. The third-order valence-electron chi connectivity index (χ3n) is 4.82. The maximum Gasteiger partial charge on any atom is 0.254 e. The number of nitrogens with zero attached hydrogens (tertiary/aromatic N) is 3. The molecule has 1 saturated carbocycles. The van der Waals surface area contributed by atoms with Gasteiger partial charge < -0.3 is 27.5 Å². The number of benzene rings is 1. The van der Waals surface area contributed by atoms with Crippen molar-refractivity contribution >= 4 is 53.1 Å². The van der Waals surface area contributed by atoms with Gasteiger partial charge in [0.25, 0.3) is 5.91 Å². The predicted molar refractivity (Wildman–Crippen MR) is 118 cm³/mol. The standard InChI is InChI=1S/C19H24ClN9O/c20-13-6-5-11(9-16(13)29-25-8-7-21)26-18-12(17(23)30)10-24-19(28-18)27-15-4-2-1-3-14(15)22/h5-10,14-15,21,29H,1-4,22H2,(H2,23,30)(H2,24,26,27,28)/p+1/b21-7?,25-8-/t14-,15+/m0/s1. The molecule has 1 amide bonds. The van der Waals surface area contributed by atoms with E-state index in [2.05, 4.69) is 25.7 Å². The van der Waals surface area contributed by atoms with Gasteiger partial charge in [0.1, 0.15) is 22.6 Å². The molecule has 10 nitrogen and oxygen atoms in total. The first-order valence-electron chi connectivity index (χ1n) is 9.59. The van der Waals surface area contributed by atoms with E-state index in [-0.39, 0.29) is 23.5 Å². The molecule has 0 saturated heterocycles. The number of primary amides is 1. The Balaban J connectivity index is 1.84. The van der Waals surface area contributed by atoms with Crippen LogP contribution in [0.1, 0.15) is 36.0 Å². The fourth-order valence-corrected chi connectivity index (χ4v) is 3.42. The molecule has 0 radical (unpaired) electrons. The third-order valence-corrected chi connectivity index (χ3v) is 5.17. The van der Waals surface area contributed by atoms with Gasteiger partial charge in [0, 0.05) is 36.2 Å². The van der Waals surface area contributed by atoms with Crippen molar-refractivity contribution in [1.82, 2.24) is 9.97 Å². The second-order valence-electron chi connectivity index (χ2n) is 6.97. The Hall–Kier alpha value is -3.08. The van der Waals surface area contributed by atoms with Crippen LogP contribution in [0.2, 0.25) is 5.02 Å². The Labute approximate surface area is 179 Å². The molecule has 0 spiro atoms. The summed E-state index contributed by atoms with van der Waals surface area (Å²) in [5, 5.41) is 17.8. The van der Waals surface area contributed by atoms with E-state index < -0.39 is 5.91 Å². The zero-order valence-corrected chi connectivity index (χ0v) is 17.1. The van der Waals surface area contributed by atoms with E-state index in [9.17, 15) is 4.79 Å². The summed E-state index contributed by atoms with van der Waals surface area (Å²) in [6.45, 7) is 0. The highest BCUT2D eigenvalue weighted by Crippen LogP contribution is 2.26. The van der Waals surface area contributed by atoms with Crippen LogP contribution in [0.3, 0.4) is 0 Å². The maximum atomic E-state index is 11.9. The number of nitrogens with two attached hydrogens (primary N) is 3. The van der Waals surface area contributed by atoms with E-state index >= 15 is 0 Å². The van der Waals surface area contributed by atoms with Crippen LogP contribution in [0.15, 0.2) is 29.5 Å². The van der Waals surface area contributed by atoms with Crippen molar-refractivity contribution in [2.24, 2.45) is 16.6 Å². The molecule has 1 heterocycles. The summed E-state index contributed by atoms with van der Waals surface area (Å²) in [7, 11) is 0. The summed E-state index contributed by atoms with van der Waals surface area (Å²) in [5.74, 6) is 0.0107. The molecule has 3 rings (SSSR count). The Morgan fingerprint density at radius 3 is 2.90 bits per heavy atom. The number of hydrogen-bond donors (Lipinski definition) is 6. The normalized spacial score (nSPS) is 18.9. The third kappa shape index (κ3) is 5.50. The number of amides is 1. The number of carbonyl (C=O) groups excluding carboxylic acids is 1. The van der Waals surface area contributed by atoms with E-state index in [0.717, 1.165) is 31.9 Å². The Bertz CT molecular complexity index is 950. The molecule has 0 unspecified atom stereocenters. The SMILES string of the molecule is N=C/C=N\[NH2+]c1cc(Nc2nc(N[C@@H]3CCCC[C@@H]3N)ncc2C(N)=O)ccc1Cl. The van der Waals surface area contributed by atoms with E-state index in [1.807, 2.05) is 0 Å². The lowest BCUT2D eigenvalue weighted by Gasteiger charge is -2.29. The van der Waals surface area contributed by atoms with Gasteiger partial charge in [-0.05, 0) is 25.0 Å². The van der Waals surface area contributed by atoms with Gasteiger partial charge in [-0.25, -0.2) is 4.98 Å². The summed E-state index contributed by atoms with van der Waals surface area (Å²) >= 11 is 6.20. The number of carbonyl (C=O) groups is 1. The summed E-state index contributed by atoms with van der Waals surface area (Å²) in [6.07, 6.45) is 7.91. The highest BCUT2D eigenvalue weighted by atomic mass is 35.5. The lowest BCUT2D eigenvalue weighted by Crippen LogP contribution is -2.71. The number of anilines is 3. The molecule has 2 atom stereocenters. The van der Waals surface area contributed by atoms with Crippen LogP contribution in [0, 0.1) is 5.41 Å². The topological polar surface area (TPSA) is 172 Å².